The quantitative estimate of drug-likeness (QED) is 0.833. The lowest BCUT2D eigenvalue weighted by Crippen LogP contribution is -1.98. The molecule has 1 heterocycles. The molecule has 0 spiro atoms. The zero-order chi connectivity index (χ0) is 12.3. The maximum Gasteiger partial charge on any atom is 0.159 e. The minimum Gasteiger partial charge on any atom is -0.612 e. The Kier molecular flexibility index (Phi) is 3.73. The Balaban J connectivity index is 2.32. The van der Waals surface area contributed by atoms with Crippen molar-refractivity contribution >= 4 is 11.2 Å². The highest BCUT2D eigenvalue weighted by Crippen LogP contribution is 2.17. The van der Waals surface area contributed by atoms with E-state index in [0.717, 1.165) is 10.5 Å². The summed E-state index contributed by atoms with van der Waals surface area (Å²) in [6.07, 6.45) is 3.25. The second-order valence-electron chi connectivity index (χ2n) is 3.51. The minimum absolute atomic E-state index is 0.105. The van der Waals surface area contributed by atoms with Gasteiger partial charge in [0.2, 0.25) is 0 Å². The molecule has 4 nitrogen and oxygen atoms in total. The molecule has 0 aliphatic carbocycles. The number of rotatable bonds is 3. The van der Waals surface area contributed by atoms with Crippen molar-refractivity contribution in [2.75, 3.05) is 6.26 Å². The van der Waals surface area contributed by atoms with Crippen molar-refractivity contribution in [3.63, 3.8) is 0 Å². The van der Waals surface area contributed by atoms with E-state index in [9.17, 15) is 4.55 Å². The first kappa shape index (κ1) is 12.0. The van der Waals surface area contributed by atoms with Crippen molar-refractivity contribution < 1.29 is 9.66 Å². The summed E-state index contributed by atoms with van der Waals surface area (Å²) in [4.78, 5) is 9.10. The average Bonchev–Trinajstić information content (AvgIpc) is 2.39. The van der Waals surface area contributed by atoms with E-state index in [1.807, 2.05) is 12.1 Å². The van der Waals surface area contributed by atoms with Crippen LogP contribution in [0.5, 0.6) is 0 Å². The monoisotopic (exact) mass is 248 g/mol. The Morgan fingerprint density at radius 1 is 1.24 bits per heavy atom. The molecule has 0 aliphatic rings. The minimum atomic E-state index is -0.980. The maximum atomic E-state index is 11.2. The highest BCUT2D eigenvalue weighted by atomic mass is 32.2. The second-order valence-corrected chi connectivity index (χ2v) is 4.89. The SMILES string of the molecule is C[S+]([O-])c1ccc(-c2nccc(CO)n2)cc1. The molecule has 2 rings (SSSR count). The van der Waals surface area contributed by atoms with Crippen LogP contribution in [-0.4, -0.2) is 25.9 Å². The van der Waals surface area contributed by atoms with Crippen LogP contribution in [0.25, 0.3) is 11.4 Å². The number of aliphatic hydroxyl groups excluding tert-OH is 1. The van der Waals surface area contributed by atoms with Crippen LogP contribution in [-0.2, 0) is 17.8 Å². The van der Waals surface area contributed by atoms with Gasteiger partial charge in [0, 0.05) is 11.8 Å². The molecular weight excluding hydrogens is 236 g/mol. The molecule has 2 aromatic rings. The number of nitrogens with zero attached hydrogens (tertiary/aromatic N) is 2. The first-order chi connectivity index (χ1) is 8.20. The number of hydrogen-bond donors (Lipinski definition) is 1. The number of hydrogen-bond acceptors (Lipinski definition) is 4. The summed E-state index contributed by atoms with van der Waals surface area (Å²) < 4.78 is 11.2. The maximum absolute atomic E-state index is 11.2. The van der Waals surface area contributed by atoms with Crippen LogP contribution in [0.4, 0.5) is 0 Å². The molecule has 1 aromatic heterocycles. The van der Waals surface area contributed by atoms with E-state index in [1.54, 1.807) is 30.7 Å². The van der Waals surface area contributed by atoms with Gasteiger partial charge in [0.15, 0.2) is 10.7 Å². The Morgan fingerprint density at radius 2 is 1.94 bits per heavy atom. The van der Waals surface area contributed by atoms with Gasteiger partial charge in [-0.3, -0.25) is 0 Å². The number of aliphatic hydroxyl groups is 1. The van der Waals surface area contributed by atoms with E-state index in [-0.39, 0.29) is 6.61 Å². The number of aromatic nitrogens is 2. The van der Waals surface area contributed by atoms with E-state index in [2.05, 4.69) is 9.97 Å². The summed E-state index contributed by atoms with van der Waals surface area (Å²) in [6.45, 7) is -0.105. The first-order valence-corrected chi connectivity index (χ1v) is 6.63. The normalized spacial score (nSPS) is 12.4. The van der Waals surface area contributed by atoms with E-state index in [4.69, 9.17) is 5.11 Å². The van der Waals surface area contributed by atoms with Gasteiger partial charge in [-0.25, -0.2) is 9.97 Å². The van der Waals surface area contributed by atoms with Gasteiger partial charge < -0.3 is 9.66 Å². The van der Waals surface area contributed by atoms with Gasteiger partial charge >= 0.3 is 0 Å². The van der Waals surface area contributed by atoms with Gasteiger partial charge in [-0.05, 0) is 41.5 Å². The average molecular weight is 248 g/mol. The Hall–Kier alpha value is -1.43. The second kappa shape index (κ2) is 5.27. The molecule has 0 saturated carbocycles. The van der Waals surface area contributed by atoms with E-state index in [1.165, 1.54) is 0 Å². The van der Waals surface area contributed by atoms with Gasteiger partial charge in [-0.2, -0.15) is 0 Å². The van der Waals surface area contributed by atoms with Crippen LogP contribution >= 0.6 is 0 Å². The predicted octanol–water partition coefficient (Wildman–Crippen LogP) is 1.37. The van der Waals surface area contributed by atoms with E-state index >= 15 is 0 Å². The van der Waals surface area contributed by atoms with Gasteiger partial charge in [0.05, 0.1) is 12.3 Å². The van der Waals surface area contributed by atoms with Crippen molar-refractivity contribution in [1.82, 2.24) is 9.97 Å². The standard InChI is InChI=1S/C12H12N2O2S/c1-17(16)11-4-2-9(3-5-11)12-13-7-6-10(8-15)14-12/h2-7,15H,8H2,1H3. The molecule has 1 atom stereocenters. The van der Waals surface area contributed by atoms with Gasteiger partial charge in [0.25, 0.3) is 0 Å². The molecule has 0 radical (unpaired) electrons. The van der Waals surface area contributed by atoms with Gasteiger partial charge in [-0.15, -0.1) is 0 Å². The van der Waals surface area contributed by atoms with Crippen molar-refractivity contribution in [3.05, 3.63) is 42.2 Å². The lowest BCUT2D eigenvalue weighted by atomic mass is 10.2. The molecule has 0 aliphatic heterocycles. The molecule has 1 unspecified atom stereocenters. The molecule has 88 valence electrons. The Morgan fingerprint density at radius 3 is 2.53 bits per heavy atom. The van der Waals surface area contributed by atoms with Crippen molar-refractivity contribution in [2.24, 2.45) is 0 Å². The molecule has 5 heteroatoms. The molecule has 0 fully saturated rings. The topological polar surface area (TPSA) is 69.1 Å². The van der Waals surface area contributed by atoms with Crippen LogP contribution in [0.2, 0.25) is 0 Å². The van der Waals surface area contributed by atoms with Crippen LogP contribution < -0.4 is 0 Å². The largest absolute Gasteiger partial charge is 0.612 e. The Bertz CT molecular complexity index is 500. The summed E-state index contributed by atoms with van der Waals surface area (Å²) in [7, 11) is 0. The summed E-state index contributed by atoms with van der Waals surface area (Å²) in [5.41, 5.74) is 1.42. The molecule has 0 saturated heterocycles. The fraction of sp³-hybridized carbons (Fsp3) is 0.167. The lowest BCUT2D eigenvalue weighted by Gasteiger charge is -2.05. The molecular formula is C12H12N2O2S. The molecule has 1 N–H and O–H groups in total. The van der Waals surface area contributed by atoms with Crippen molar-refractivity contribution in [1.29, 1.82) is 0 Å². The summed E-state index contributed by atoms with van der Waals surface area (Å²) in [5.74, 6) is 0.560. The molecule has 0 bridgehead atoms. The third-order valence-electron chi connectivity index (χ3n) is 2.32. The van der Waals surface area contributed by atoms with Crippen LogP contribution in [0.1, 0.15) is 5.69 Å². The van der Waals surface area contributed by atoms with Gasteiger partial charge in [-0.1, -0.05) is 0 Å². The first-order valence-electron chi connectivity index (χ1n) is 5.07. The summed E-state index contributed by atoms with van der Waals surface area (Å²) in [6, 6.07) is 8.90. The fourth-order valence-corrected chi connectivity index (χ4v) is 1.94. The third kappa shape index (κ3) is 2.82. The number of benzene rings is 1. The highest BCUT2D eigenvalue weighted by molar-refractivity contribution is 7.90. The van der Waals surface area contributed by atoms with Crippen LogP contribution in [0.3, 0.4) is 0 Å². The summed E-state index contributed by atoms with van der Waals surface area (Å²) in [5, 5.41) is 9.00. The zero-order valence-corrected chi connectivity index (χ0v) is 10.1. The smallest absolute Gasteiger partial charge is 0.159 e. The highest BCUT2D eigenvalue weighted by Gasteiger charge is 2.06. The van der Waals surface area contributed by atoms with Crippen LogP contribution in [0.15, 0.2) is 41.4 Å². The van der Waals surface area contributed by atoms with E-state index in [0.29, 0.717) is 11.5 Å². The van der Waals surface area contributed by atoms with Crippen LogP contribution in [0, 0.1) is 0 Å². The zero-order valence-electron chi connectivity index (χ0n) is 9.33. The third-order valence-corrected chi connectivity index (χ3v) is 3.26. The molecule has 0 amide bonds. The van der Waals surface area contributed by atoms with Gasteiger partial charge in [0.1, 0.15) is 6.26 Å². The molecule has 1 aromatic carbocycles. The van der Waals surface area contributed by atoms with E-state index < -0.39 is 11.2 Å². The molecule has 17 heavy (non-hydrogen) atoms. The van der Waals surface area contributed by atoms with Crippen molar-refractivity contribution in [2.45, 2.75) is 11.5 Å². The summed E-state index contributed by atoms with van der Waals surface area (Å²) >= 11 is -0.980. The predicted molar refractivity (Wildman–Crippen MR) is 65.7 cm³/mol. The van der Waals surface area contributed by atoms with Crippen molar-refractivity contribution in [3.8, 4) is 11.4 Å². The lowest BCUT2D eigenvalue weighted by molar-refractivity contribution is 0.277. The fourth-order valence-electron chi connectivity index (χ4n) is 1.42. The Labute approximate surface area is 103 Å².